The number of hydrogen-bond acceptors (Lipinski definition) is 4. The molecular formula is C20H16ClNO4. The number of carbonyl (C=O) groups excluding carboxylic acids is 1. The van der Waals surface area contributed by atoms with Gasteiger partial charge in [-0.2, -0.15) is 0 Å². The van der Waals surface area contributed by atoms with Crippen LogP contribution in [-0.2, 0) is 6.61 Å². The highest BCUT2D eigenvalue weighted by molar-refractivity contribution is 6.31. The minimum atomic E-state index is -0.545. The molecule has 1 aromatic heterocycles. The first-order chi connectivity index (χ1) is 12.5. The van der Waals surface area contributed by atoms with E-state index in [4.69, 9.17) is 20.8 Å². The third-order valence-corrected chi connectivity index (χ3v) is 4.10. The Morgan fingerprint density at radius 3 is 2.62 bits per heavy atom. The lowest BCUT2D eigenvalue weighted by atomic mass is 10.2. The van der Waals surface area contributed by atoms with E-state index in [1.807, 2.05) is 37.3 Å². The van der Waals surface area contributed by atoms with Gasteiger partial charge in [-0.25, -0.2) is 0 Å². The van der Waals surface area contributed by atoms with Gasteiger partial charge in [-0.05, 0) is 30.2 Å². The molecule has 1 N–H and O–H groups in total. The van der Waals surface area contributed by atoms with Crippen molar-refractivity contribution in [1.82, 2.24) is 0 Å². The van der Waals surface area contributed by atoms with Crippen LogP contribution in [0.15, 0.2) is 70.1 Å². The molecule has 0 unspecified atom stereocenters. The first kappa shape index (κ1) is 17.8. The Labute approximate surface area is 155 Å². The zero-order chi connectivity index (χ0) is 18.5. The lowest BCUT2D eigenvalue weighted by molar-refractivity contribution is 0.0993. The lowest BCUT2D eigenvalue weighted by Crippen LogP contribution is -2.15. The van der Waals surface area contributed by atoms with Crippen molar-refractivity contribution < 1.29 is 13.9 Å². The highest BCUT2D eigenvalue weighted by Crippen LogP contribution is 2.20. The molecule has 0 saturated heterocycles. The molecule has 6 heteroatoms. The SMILES string of the molecule is Cc1ccc(NC(=O)c2cc(=O)c(OCc3ccccc3)co2)cc1Cl. The largest absolute Gasteiger partial charge is 0.482 e. The molecule has 0 fully saturated rings. The Morgan fingerprint density at radius 2 is 1.92 bits per heavy atom. The maximum atomic E-state index is 12.2. The van der Waals surface area contributed by atoms with Crippen molar-refractivity contribution in [3.05, 3.63) is 93.0 Å². The zero-order valence-corrected chi connectivity index (χ0v) is 14.7. The summed E-state index contributed by atoms with van der Waals surface area (Å²) >= 11 is 6.03. The van der Waals surface area contributed by atoms with E-state index in [0.29, 0.717) is 10.7 Å². The zero-order valence-electron chi connectivity index (χ0n) is 14.0. The van der Waals surface area contributed by atoms with Crippen molar-refractivity contribution in [2.45, 2.75) is 13.5 Å². The summed E-state index contributed by atoms with van der Waals surface area (Å²) in [6.07, 6.45) is 1.14. The van der Waals surface area contributed by atoms with E-state index in [2.05, 4.69) is 5.32 Å². The number of hydrogen-bond donors (Lipinski definition) is 1. The van der Waals surface area contributed by atoms with Crippen LogP contribution in [0.4, 0.5) is 5.69 Å². The number of amides is 1. The van der Waals surface area contributed by atoms with Crippen molar-refractivity contribution in [1.29, 1.82) is 0 Å². The van der Waals surface area contributed by atoms with Crippen LogP contribution in [-0.4, -0.2) is 5.91 Å². The number of benzene rings is 2. The van der Waals surface area contributed by atoms with Gasteiger partial charge in [0.2, 0.25) is 11.2 Å². The third kappa shape index (κ3) is 4.32. The van der Waals surface area contributed by atoms with Crippen molar-refractivity contribution in [3.63, 3.8) is 0 Å². The fourth-order valence-corrected chi connectivity index (χ4v) is 2.40. The predicted octanol–water partition coefficient (Wildman–Crippen LogP) is 4.43. The molecule has 5 nitrogen and oxygen atoms in total. The number of anilines is 1. The highest BCUT2D eigenvalue weighted by atomic mass is 35.5. The van der Waals surface area contributed by atoms with Gasteiger partial charge in [-0.15, -0.1) is 0 Å². The monoisotopic (exact) mass is 369 g/mol. The molecule has 0 aliphatic heterocycles. The molecule has 26 heavy (non-hydrogen) atoms. The van der Waals surface area contributed by atoms with Gasteiger partial charge in [-0.1, -0.05) is 48.0 Å². The standard InChI is InChI=1S/C20H16ClNO4/c1-13-7-8-15(9-16(13)21)22-20(24)18-10-17(23)19(12-26-18)25-11-14-5-3-2-4-6-14/h2-10,12H,11H2,1H3,(H,22,24). The average molecular weight is 370 g/mol. The summed E-state index contributed by atoms with van der Waals surface area (Å²) in [6, 6.07) is 15.7. The minimum Gasteiger partial charge on any atom is -0.482 e. The Hall–Kier alpha value is -3.05. The van der Waals surface area contributed by atoms with Crippen molar-refractivity contribution >= 4 is 23.2 Å². The van der Waals surface area contributed by atoms with Gasteiger partial charge >= 0.3 is 0 Å². The van der Waals surface area contributed by atoms with Gasteiger partial charge in [0, 0.05) is 16.8 Å². The molecule has 0 atom stereocenters. The van der Waals surface area contributed by atoms with Crippen LogP contribution < -0.4 is 15.5 Å². The van der Waals surface area contributed by atoms with Crippen LogP contribution in [0.2, 0.25) is 5.02 Å². The normalized spacial score (nSPS) is 10.4. The minimum absolute atomic E-state index is 0.0452. The highest BCUT2D eigenvalue weighted by Gasteiger charge is 2.13. The van der Waals surface area contributed by atoms with Crippen molar-refractivity contribution in [2.75, 3.05) is 5.32 Å². The fourth-order valence-electron chi connectivity index (χ4n) is 2.22. The molecule has 0 aliphatic rings. The molecule has 0 bridgehead atoms. The van der Waals surface area contributed by atoms with E-state index in [9.17, 15) is 9.59 Å². The maximum Gasteiger partial charge on any atom is 0.291 e. The molecule has 3 aromatic rings. The molecule has 2 aromatic carbocycles. The summed E-state index contributed by atoms with van der Waals surface area (Å²) in [5.74, 6) is -0.612. The quantitative estimate of drug-likeness (QED) is 0.722. The molecule has 0 aliphatic carbocycles. The van der Waals surface area contributed by atoms with E-state index in [0.717, 1.165) is 23.5 Å². The van der Waals surface area contributed by atoms with Gasteiger partial charge in [0.15, 0.2) is 5.76 Å². The predicted molar refractivity (Wildman–Crippen MR) is 99.9 cm³/mol. The van der Waals surface area contributed by atoms with Crippen LogP contribution in [0.5, 0.6) is 5.75 Å². The molecule has 1 amide bonds. The van der Waals surface area contributed by atoms with Crippen molar-refractivity contribution in [3.8, 4) is 5.75 Å². The summed E-state index contributed by atoms with van der Waals surface area (Å²) in [4.78, 5) is 24.4. The number of ether oxygens (including phenoxy) is 1. The Morgan fingerprint density at radius 1 is 1.15 bits per heavy atom. The van der Waals surface area contributed by atoms with Gasteiger partial charge in [-0.3, -0.25) is 9.59 Å². The van der Waals surface area contributed by atoms with Crippen LogP contribution in [0.3, 0.4) is 0 Å². The number of aryl methyl sites for hydroxylation is 1. The lowest BCUT2D eigenvalue weighted by Gasteiger charge is -2.08. The number of halogens is 1. The van der Waals surface area contributed by atoms with Crippen LogP contribution >= 0.6 is 11.6 Å². The van der Waals surface area contributed by atoms with Gasteiger partial charge in [0.25, 0.3) is 5.91 Å². The summed E-state index contributed by atoms with van der Waals surface area (Å²) in [6.45, 7) is 2.10. The smallest absolute Gasteiger partial charge is 0.291 e. The van der Waals surface area contributed by atoms with Crippen LogP contribution in [0.1, 0.15) is 21.7 Å². The van der Waals surface area contributed by atoms with Gasteiger partial charge < -0.3 is 14.5 Å². The second kappa shape index (κ2) is 7.89. The second-order valence-corrected chi connectivity index (χ2v) is 6.07. The molecule has 3 rings (SSSR count). The number of rotatable bonds is 5. The Balaban J connectivity index is 1.69. The number of nitrogens with one attached hydrogen (secondary N) is 1. The number of carbonyl (C=O) groups is 1. The first-order valence-corrected chi connectivity index (χ1v) is 8.28. The van der Waals surface area contributed by atoms with Crippen LogP contribution in [0.25, 0.3) is 0 Å². The molecule has 0 spiro atoms. The fraction of sp³-hybridized carbons (Fsp3) is 0.100. The van der Waals surface area contributed by atoms with E-state index >= 15 is 0 Å². The van der Waals surface area contributed by atoms with E-state index in [1.54, 1.807) is 18.2 Å². The van der Waals surface area contributed by atoms with Crippen molar-refractivity contribution in [2.24, 2.45) is 0 Å². The first-order valence-electron chi connectivity index (χ1n) is 7.90. The maximum absolute atomic E-state index is 12.2. The Bertz CT molecular complexity index is 983. The average Bonchev–Trinajstić information content (AvgIpc) is 2.64. The van der Waals surface area contributed by atoms with Gasteiger partial charge in [0.1, 0.15) is 12.9 Å². The summed E-state index contributed by atoms with van der Waals surface area (Å²) in [5, 5.41) is 3.17. The Kier molecular flexibility index (Phi) is 5.39. The molecule has 0 saturated carbocycles. The second-order valence-electron chi connectivity index (χ2n) is 5.67. The van der Waals surface area contributed by atoms with E-state index < -0.39 is 11.3 Å². The van der Waals surface area contributed by atoms with Crippen LogP contribution in [0, 0.1) is 6.92 Å². The van der Waals surface area contributed by atoms with E-state index in [-0.39, 0.29) is 18.1 Å². The topological polar surface area (TPSA) is 68.5 Å². The molecule has 132 valence electrons. The summed E-state index contributed by atoms with van der Waals surface area (Å²) in [5.41, 5.74) is 1.90. The van der Waals surface area contributed by atoms with E-state index in [1.165, 1.54) is 0 Å². The molecule has 0 radical (unpaired) electrons. The van der Waals surface area contributed by atoms with Gasteiger partial charge in [0.05, 0.1) is 0 Å². The molecular weight excluding hydrogens is 354 g/mol. The third-order valence-electron chi connectivity index (χ3n) is 3.69. The summed E-state index contributed by atoms with van der Waals surface area (Å²) in [7, 11) is 0. The summed E-state index contributed by atoms with van der Waals surface area (Å²) < 4.78 is 10.7. The molecule has 1 heterocycles.